The zero-order chi connectivity index (χ0) is 5.11. The van der Waals surface area contributed by atoms with Gasteiger partial charge < -0.3 is 0 Å². The maximum atomic E-state index is 4.21. The van der Waals surface area contributed by atoms with E-state index in [9.17, 15) is 0 Å². The van der Waals surface area contributed by atoms with Gasteiger partial charge in [-0.25, -0.2) is 0 Å². The molecule has 0 bridgehead atoms. The first kappa shape index (κ1) is 5.51. The van der Waals surface area contributed by atoms with Crippen LogP contribution in [0.15, 0.2) is 4.99 Å². The second-order valence-electron chi connectivity index (χ2n) is 1.34. The molecule has 1 aliphatic heterocycles. The number of nitrogens with zero attached hydrogens (tertiary/aromatic N) is 1. The molecule has 0 saturated carbocycles. The van der Waals surface area contributed by atoms with Crippen LogP contribution in [0, 0.1) is 0 Å². The van der Waals surface area contributed by atoms with E-state index in [1.165, 1.54) is 0 Å². The molecule has 0 aromatic rings. The van der Waals surface area contributed by atoms with Crippen LogP contribution in [0.25, 0.3) is 0 Å². The van der Waals surface area contributed by atoms with Gasteiger partial charge in [-0.15, -0.1) is 11.8 Å². The summed E-state index contributed by atoms with van der Waals surface area (Å²) in [5.41, 5.74) is 0. The van der Waals surface area contributed by atoms with Gasteiger partial charge in [-0.1, -0.05) is 0 Å². The van der Waals surface area contributed by atoms with Crippen LogP contribution in [0.3, 0.4) is 0 Å². The topological polar surface area (TPSA) is 12.4 Å². The first-order valence-corrected chi connectivity index (χ1v) is 3.74. The summed E-state index contributed by atoms with van der Waals surface area (Å²) in [7, 11) is 0. The highest BCUT2D eigenvalue weighted by Gasteiger charge is 2.02. The first-order chi connectivity index (χ1) is 3.39. The Labute approximate surface area is 53.0 Å². The molecule has 0 N–H and O–H groups in total. The third kappa shape index (κ3) is 1.74. The molecule has 1 atom stereocenters. The third-order valence-corrected chi connectivity index (χ3v) is 2.24. The average molecular weight is 133 g/mol. The number of rotatable bonds is 0. The van der Waals surface area contributed by atoms with Crippen molar-refractivity contribution in [2.24, 2.45) is 4.99 Å². The Hall–Kier alpha value is 0.370. The molecule has 1 nitrogen and oxygen atoms in total. The van der Waals surface area contributed by atoms with E-state index < -0.39 is 0 Å². The predicted octanol–water partition coefficient (Wildman–Crippen LogP) is 1.06. The second kappa shape index (κ2) is 2.62. The van der Waals surface area contributed by atoms with Crippen molar-refractivity contribution in [1.29, 1.82) is 0 Å². The van der Waals surface area contributed by atoms with E-state index in [4.69, 9.17) is 0 Å². The molecular weight excluding hydrogens is 126 g/mol. The molecule has 7 heavy (non-hydrogen) atoms. The van der Waals surface area contributed by atoms with Crippen LogP contribution in [0.2, 0.25) is 0 Å². The Morgan fingerprint density at radius 2 is 2.71 bits per heavy atom. The van der Waals surface area contributed by atoms with Gasteiger partial charge in [-0.3, -0.25) is 4.99 Å². The van der Waals surface area contributed by atoms with Crippen molar-refractivity contribution in [3.05, 3.63) is 0 Å². The van der Waals surface area contributed by atoms with Crippen molar-refractivity contribution >= 4 is 30.6 Å². The fourth-order valence-corrected chi connectivity index (χ4v) is 1.38. The molecule has 0 aliphatic carbocycles. The molecule has 0 saturated heterocycles. The summed E-state index contributed by atoms with van der Waals surface area (Å²) in [5, 5.41) is 0. The number of thioether (sulfide) groups is 1. The van der Waals surface area contributed by atoms with Crippen LogP contribution in [-0.4, -0.2) is 23.1 Å². The summed E-state index contributed by atoms with van der Waals surface area (Å²) in [6.07, 6.45) is 1.94. The lowest BCUT2D eigenvalue weighted by Crippen LogP contribution is -2.05. The molecule has 1 heterocycles. The third-order valence-electron chi connectivity index (χ3n) is 0.754. The zero-order valence-corrected chi connectivity index (χ0v) is 5.58. The van der Waals surface area contributed by atoms with Gasteiger partial charge in [-0.2, -0.15) is 12.6 Å². The SMILES string of the molecule is SC1CN=CCS1. The molecule has 0 amide bonds. The summed E-state index contributed by atoms with van der Waals surface area (Å²) in [6, 6.07) is 0. The number of hydrogen-bond acceptors (Lipinski definition) is 3. The lowest BCUT2D eigenvalue weighted by Gasteiger charge is -2.08. The predicted molar refractivity (Wildman–Crippen MR) is 38.6 cm³/mol. The van der Waals surface area contributed by atoms with Crippen molar-refractivity contribution in [2.45, 2.75) is 4.58 Å². The number of hydrogen-bond donors (Lipinski definition) is 1. The van der Waals surface area contributed by atoms with E-state index in [0.29, 0.717) is 4.58 Å². The first-order valence-electron chi connectivity index (χ1n) is 2.17. The molecule has 0 aromatic heterocycles. The van der Waals surface area contributed by atoms with Gasteiger partial charge in [0, 0.05) is 12.0 Å². The fourth-order valence-electron chi connectivity index (χ4n) is 0.424. The van der Waals surface area contributed by atoms with Crippen LogP contribution in [0.4, 0.5) is 0 Å². The lowest BCUT2D eigenvalue weighted by atomic mass is 10.7. The average Bonchev–Trinajstić information content (AvgIpc) is 1.69. The summed E-state index contributed by atoms with van der Waals surface area (Å²) in [6.45, 7) is 0.883. The second-order valence-corrected chi connectivity index (χ2v) is 3.54. The molecule has 40 valence electrons. The number of thiol groups is 1. The molecule has 1 rings (SSSR count). The van der Waals surface area contributed by atoms with Crippen molar-refractivity contribution in [3.63, 3.8) is 0 Å². The smallest absolute Gasteiger partial charge is 0.0670 e. The summed E-state index contributed by atoms with van der Waals surface area (Å²) in [4.78, 5) is 4.04. The number of aliphatic imine (C=N–C) groups is 1. The van der Waals surface area contributed by atoms with Crippen LogP contribution >= 0.6 is 24.4 Å². The Kier molecular flexibility index (Phi) is 2.06. The maximum absolute atomic E-state index is 4.21. The van der Waals surface area contributed by atoms with Crippen LogP contribution in [-0.2, 0) is 0 Å². The molecule has 0 radical (unpaired) electrons. The largest absolute Gasteiger partial charge is 0.295 e. The molecule has 0 fully saturated rings. The highest BCUT2D eigenvalue weighted by molar-refractivity contribution is 8.10. The standard InChI is InChI=1S/C4H7NS2/c6-4-3-5-1-2-7-4/h1,4,6H,2-3H2. The molecule has 1 unspecified atom stereocenters. The van der Waals surface area contributed by atoms with Crippen LogP contribution in [0.1, 0.15) is 0 Å². The zero-order valence-electron chi connectivity index (χ0n) is 3.87. The Morgan fingerprint density at radius 3 is 3.00 bits per heavy atom. The monoisotopic (exact) mass is 133 g/mol. The van der Waals surface area contributed by atoms with Crippen LogP contribution < -0.4 is 0 Å². The molecule has 0 aromatic carbocycles. The van der Waals surface area contributed by atoms with E-state index in [0.717, 1.165) is 12.3 Å². The Balaban J connectivity index is 2.32. The summed E-state index contributed by atoms with van der Waals surface area (Å²) < 4.78 is 0.449. The highest BCUT2D eigenvalue weighted by Crippen LogP contribution is 2.16. The van der Waals surface area contributed by atoms with Crippen LogP contribution in [0.5, 0.6) is 0 Å². The molecular formula is C4H7NS2. The Morgan fingerprint density at radius 1 is 1.86 bits per heavy atom. The minimum Gasteiger partial charge on any atom is -0.295 e. The van der Waals surface area contributed by atoms with Gasteiger partial charge in [0.1, 0.15) is 0 Å². The van der Waals surface area contributed by atoms with E-state index in [2.05, 4.69) is 17.6 Å². The fraction of sp³-hybridized carbons (Fsp3) is 0.750. The normalized spacial score (nSPS) is 30.7. The summed E-state index contributed by atoms with van der Waals surface area (Å²) in [5.74, 6) is 1.04. The highest BCUT2D eigenvalue weighted by atomic mass is 32.2. The van der Waals surface area contributed by atoms with Gasteiger partial charge in [0.15, 0.2) is 0 Å². The van der Waals surface area contributed by atoms with Crippen molar-refractivity contribution < 1.29 is 0 Å². The van der Waals surface area contributed by atoms with E-state index in [-0.39, 0.29) is 0 Å². The van der Waals surface area contributed by atoms with Crippen molar-refractivity contribution in [3.8, 4) is 0 Å². The maximum Gasteiger partial charge on any atom is 0.0670 e. The van der Waals surface area contributed by atoms with Gasteiger partial charge in [-0.05, 0) is 0 Å². The van der Waals surface area contributed by atoms with Crippen molar-refractivity contribution in [1.82, 2.24) is 0 Å². The van der Waals surface area contributed by atoms with Gasteiger partial charge in [0.25, 0.3) is 0 Å². The van der Waals surface area contributed by atoms with E-state index >= 15 is 0 Å². The Bertz CT molecular complexity index is 81.8. The quantitative estimate of drug-likeness (QED) is 0.487. The molecule has 1 aliphatic rings. The molecule has 0 spiro atoms. The molecule has 3 heteroatoms. The van der Waals surface area contributed by atoms with Crippen molar-refractivity contribution in [2.75, 3.05) is 12.3 Å². The van der Waals surface area contributed by atoms with Gasteiger partial charge >= 0.3 is 0 Å². The summed E-state index contributed by atoms with van der Waals surface area (Å²) >= 11 is 6.04. The van der Waals surface area contributed by atoms with Gasteiger partial charge in [0.05, 0.1) is 11.1 Å². The minimum atomic E-state index is 0.449. The minimum absolute atomic E-state index is 0.449. The van der Waals surface area contributed by atoms with Gasteiger partial charge in [0.2, 0.25) is 0 Å². The lowest BCUT2D eigenvalue weighted by molar-refractivity contribution is 1.10. The van der Waals surface area contributed by atoms with E-state index in [1.54, 1.807) is 0 Å². The van der Waals surface area contributed by atoms with E-state index in [1.807, 2.05) is 18.0 Å².